The predicted octanol–water partition coefficient (Wildman–Crippen LogP) is 1.72. The number of sulfonamides is 1. The first kappa shape index (κ1) is 17.7. The number of rotatable bonds is 4. The van der Waals surface area contributed by atoms with Crippen molar-refractivity contribution in [3.63, 3.8) is 0 Å². The quantitative estimate of drug-likeness (QED) is 0.734. The highest BCUT2D eigenvalue weighted by molar-refractivity contribution is 7.88. The first-order chi connectivity index (χ1) is 12.9. The SMILES string of the molecule is CS(=O)(=O)N1CCCn2nc(CNC(=O)c3ccc4occc4c3)cc2C1. The number of benzene rings is 1. The summed E-state index contributed by atoms with van der Waals surface area (Å²) in [4.78, 5) is 12.4. The van der Waals surface area contributed by atoms with Crippen molar-refractivity contribution in [3.8, 4) is 0 Å². The monoisotopic (exact) mass is 388 g/mol. The highest BCUT2D eigenvalue weighted by atomic mass is 32.2. The molecule has 9 heteroatoms. The number of hydrogen-bond acceptors (Lipinski definition) is 5. The largest absolute Gasteiger partial charge is 0.464 e. The Labute approximate surface area is 156 Å². The third-order valence-corrected chi connectivity index (χ3v) is 5.89. The topological polar surface area (TPSA) is 97.4 Å². The molecule has 142 valence electrons. The summed E-state index contributed by atoms with van der Waals surface area (Å²) in [7, 11) is -3.24. The summed E-state index contributed by atoms with van der Waals surface area (Å²) in [6.45, 7) is 1.73. The van der Waals surface area contributed by atoms with E-state index in [0.29, 0.717) is 37.3 Å². The van der Waals surface area contributed by atoms with E-state index < -0.39 is 10.0 Å². The van der Waals surface area contributed by atoms with E-state index >= 15 is 0 Å². The molecule has 0 unspecified atom stereocenters. The fraction of sp³-hybridized carbons (Fsp3) is 0.333. The van der Waals surface area contributed by atoms with Gasteiger partial charge in [-0.15, -0.1) is 0 Å². The van der Waals surface area contributed by atoms with Crippen LogP contribution in [0.25, 0.3) is 11.0 Å². The molecule has 4 rings (SSSR count). The first-order valence-electron chi connectivity index (χ1n) is 8.66. The number of furan rings is 1. The molecule has 1 aromatic carbocycles. The smallest absolute Gasteiger partial charge is 0.251 e. The van der Waals surface area contributed by atoms with Gasteiger partial charge in [-0.05, 0) is 36.8 Å². The molecule has 3 aromatic rings. The second-order valence-electron chi connectivity index (χ2n) is 6.66. The van der Waals surface area contributed by atoms with E-state index in [1.807, 2.05) is 16.8 Å². The number of nitrogens with zero attached hydrogens (tertiary/aromatic N) is 3. The standard InChI is InChI=1S/C18H20N4O4S/c1-27(24,25)21-6-2-7-22-16(12-21)10-15(20-22)11-19-18(23)14-3-4-17-13(9-14)5-8-26-17/h3-5,8-10H,2,6-7,11-12H2,1H3,(H,19,23). The van der Waals surface area contributed by atoms with E-state index in [1.54, 1.807) is 24.5 Å². The molecule has 1 amide bonds. The van der Waals surface area contributed by atoms with Crippen molar-refractivity contribution >= 4 is 26.9 Å². The Hall–Kier alpha value is -2.65. The molecular weight excluding hydrogens is 368 g/mol. The summed E-state index contributed by atoms with van der Waals surface area (Å²) in [5.74, 6) is -0.195. The summed E-state index contributed by atoms with van der Waals surface area (Å²) in [5, 5.41) is 8.23. The average molecular weight is 388 g/mol. The molecular formula is C18H20N4O4S. The van der Waals surface area contributed by atoms with Crippen LogP contribution < -0.4 is 5.32 Å². The van der Waals surface area contributed by atoms with Crippen LogP contribution in [0.5, 0.6) is 0 Å². The van der Waals surface area contributed by atoms with Gasteiger partial charge in [-0.3, -0.25) is 9.48 Å². The zero-order valence-corrected chi connectivity index (χ0v) is 15.7. The van der Waals surface area contributed by atoms with Crippen molar-refractivity contribution in [3.05, 3.63) is 53.5 Å². The van der Waals surface area contributed by atoms with Gasteiger partial charge in [0.15, 0.2) is 0 Å². The van der Waals surface area contributed by atoms with Crippen molar-refractivity contribution in [2.24, 2.45) is 0 Å². The molecule has 0 saturated carbocycles. The lowest BCUT2D eigenvalue weighted by molar-refractivity contribution is 0.0950. The third-order valence-electron chi connectivity index (χ3n) is 4.64. The maximum atomic E-state index is 12.4. The van der Waals surface area contributed by atoms with Crippen LogP contribution in [0.4, 0.5) is 0 Å². The van der Waals surface area contributed by atoms with Crippen molar-refractivity contribution in [2.75, 3.05) is 12.8 Å². The van der Waals surface area contributed by atoms with Crippen LogP contribution in [0.2, 0.25) is 0 Å². The number of hydrogen-bond donors (Lipinski definition) is 1. The van der Waals surface area contributed by atoms with Gasteiger partial charge >= 0.3 is 0 Å². The second kappa shape index (κ2) is 6.82. The third kappa shape index (κ3) is 3.74. The van der Waals surface area contributed by atoms with Crippen molar-refractivity contribution in [1.29, 1.82) is 0 Å². The molecule has 8 nitrogen and oxygen atoms in total. The summed E-state index contributed by atoms with van der Waals surface area (Å²) in [6.07, 6.45) is 3.51. The van der Waals surface area contributed by atoms with Gasteiger partial charge in [0, 0.05) is 24.0 Å². The highest BCUT2D eigenvalue weighted by Gasteiger charge is 2.22. The molecule has 0 atom stereocenters. The van der Waals surface area contributed by atoms with E-state index in [1.165, 1.54) is 10.6 Å². The van der Waals surface area contributed by atoms with E-state index in [4.69, 9.17) is 4.42 Å². The van der Waals surface area contributed by atoms with Gasteiger partial charge in [-0.1, -0.05) is 0 Å². The molecule has 3 heterocycles. The molecule has 1 N–H and O–H groups in total. The minimum absolute atomic E-state index is 0.195. The molecule has 0 fully saturated rings. The Morgan fingerprint density at radius 3 is 2.93 bits per heavy atom. The second-order valence-corrected chi connectivity index (χ2v) is 8.64. The maximum Gasteiger partial charge on any atom is 0.251 e. The van der Waals surface area contributed by atoms with Crippen LogP contribution in [0.15, 0.2) is 41.0 Å². The van der Waals surface area contributed by atoms with Crippen LogP contribution in [0, 0.1) is 0 Å². The highest BCUT2D eigenvalue weighted by Crippen LogP contribution is 2.18. The van der Waals surface area contributed by atoms with Crippen LogP contribution in [0.3, 0.4) is 0 Å². The summed E-state index contributed by atoms with van der Waals surface area (Å²) >= 11 is 0. The Morgan fingerprint density at radius 2 is 2.11 bits per heavy atom. The molecule has 0 bridgehead atoms. The lowest BCUT2D eigenvalue weighted by atomic mass is 10.1. The molecule has 0 aliphatic carbocycles. The molecule has 0 saturated heterocycles. The van der Waals surface area contributed by atoms with Crippen molar-refractivity contribution in [2.45, 2.75) is 26.1 Å². The fourth-order valence-electron chi connectivity index (χ4n) is 3.24. The van der Waals surface area contributed by atoms with Crippen LogP contribution in [0.1, 0.15) is 28.2 Å². The lowest BCUT2D eigenvalue weighted by Gasteiger charge is -2.16. The number of carbonyl (C=O) groups excluding carboxylic acids is 1. The summed E-state index contributed by atoms with van der Waals surface area (Å²) in [6, 6.07) is 8.92. The average Bonchev–Trinajstić information content (AvgIpc) is 3.19. The van der Waals surface area contributed by atoms with Crippen LogP contribution in [-0.4, -0.2) is 41.2 Å². The van der Waals surface area contributed by atoms with Gasteiger partial charge in [0.2, 0.25) is 10.0 Å². The Bertz CT molecular complexity index is 1100. The number of aromatic nitrogens is 2. The maximum absolute atomic E-state index is 12.4. The minimum atomic E-state index is -3.24. The molecule has 1 aliphatic rings. The number of aryl methyl sites for hydroxylation is 1. The Morgan fingerprint density at radius 1 is 1.26 bits per heavy atom. The molecule has 0 radical (unpaired) electrons. The van der Waals surface area contributed by atoms with Crippen molar-refractivity contribution in [1.82, 2.24) is 19.4 Å². The first-order valence-corrected chi connectivity index (χ1v) is 10.5. The zero-order valence-electron chi connectivity index (χ0n) is 14.9. The lowest BCUT2D eigenvalue weighted by Crippen LogP contribution is -2.29. The Balaban J connectivity index is 1.45. The number of fused-ring (bicyclic) bond motifs is 2. The fourth-order valence-corrected chi connectivity index (χ4v) is 4.07. The van der Waals surface area contributed by atoms with E-state index in [-0.39, 0.29) is 12.5 Å². The molecule has 2 aromatic heterocycles. The number of nitrogens with one attached hydrogen (secondary N) is 1. The summed E-state index contributed by atoms with van der Waals surface area (Å²) < 4.78 is 32.2. The van der Waals surface area contributed by atoms with Gasteiger partial charge in [0.1, 0.15) is 5.58 Å². The molecule has 27 heavy (non-hydrogen) atoms. The van der Waals surface area contributed by atoms with Gasteiger partial charge in [0.05, 0.1) is 37.0 Å². The van der Waals surface area contributed by atoms with E-state index in [0.717, 1.165) is 16.7 Å². The molecule has 1 aliphatic heterocycles. The van der Waals surface area contributed by atoms with Gasteiger partial charge in [-0.25, -0.2) is 8.42 Å². The number of carbonyl (C=O) groups is 1. The molecule has 0 spiro atoms. The van der Waals surface area contributed by atoms with Crippen LogP contribution >= 0.6 is 0 Å². The normalized spacial score (nSPS) is 15.4. The minimum Gasteiger partial charge on any atom is -0.464 e. The van der Waals surface area contributed by atoms with Gasteiger partial charge in [0.25, 0.3) is 5.91 Å². The number of amides is 1. The van der Waals surface area contributed by atoms with E-state index in [2.05, 4.69) is 10.4 Å². The van der Waals surface area contributed by atoms with Gasteiger partial charge in [-0.2, -0.15) is 9.40 Å². The van der Waals surface area contributed by atoms with Gasteiger partial charge < -0.3 is 9.73 Å². The van der Waals surface area contributed by atoms with Crippen LogP contribution in [-0.2, 0) is 29.7 Å². The predicted molar refractivity (Wildman–Crippen MR) is 99.5 cm³/mol. The Kier molecular flexibility index (Phi) is 4.48. The van der Waals surface area contributed by atoms with Crippen molar-refractivity contribution < 1.29 is 17.6 Å². The zero-order chi connectivity index (χ0) is 19.0. The van der Waals surface area contributed by atoms with E-state index in [9.17, 15) is 13.2 Å². The summed E-state index contributed by atoms with van der Waals surface area (Å²) in [5.41, 5.74) is 2.83.